The number of aryl methyl sites for hydroxylation is 2. The molecular weight excluding hydrogens is 316 g/mol. The number of anilines is 1. The summed E-state index contributed by atoms with van der Waals surface area (Å²) in [4.78, 5) is 14.6. The predicted molar refractivity (Wildman–Crippen MR) is 95.5 cm³/mol. The highest BCUT2D eigenvalue weighted by molar-refractivity contribution is 6.04. The molecule has 1 saturated heterocycles. The molecule has 3 heterocycles. The number of hydrogen-bond donors (Lipinski definition) is 1. The van der Waals surface area contributed by atoms with Crippen molar-refractivity contribution in [3.63, 3.8) is 0 Å². The number of carbonyl (C=O) groups is 1. The predicted octanol–water partition coefficient (Wildman–Crippen LogP) is 1.54. The Labute approximate surface area is 145 Å². The van der Waals surface area contributed by atoms with E-state index >= 15 is 0 Å². The van der Waals surface area contributed by atoms with Crippen molar-refractivity contribution in [2.24, 2.45) is 13.0 Å². The van der Waals surface area contributed by atoms with Gasteiger partial charge in [-0.3, -0.25) is 9.48 Å². The Hall–Kier alpha value is -2.96. The molecule has 1 aliphatic heterocycles. The van der Waals surface area contributed by atoms with Gasteiger partial charge < -0.3 is 10.2 Å². The van der Waals surface area contributed by atoms with Gasteiger partial charge in [0, 0.05) is 38.0 Å². The molecule has 0 unspecified atom stereocenters. The van der Waals surface area contributed by atoms with Crippen molar-refractivity contribution in [1.82, 2.24) is 25.3 Å². The van der Waals surface area contributed by atoms with E-state index in [4.69, 9.17) is 0 Å². The summed E-state index contributed by atoms with van der Waals surface area (Å²) in [6, 6.07) is 11.7. The van der Waals surface area contributed by atoms with Crippen LogP contribution in [0.25, 0.3) is 10.9 Å². The smallest absolute Gasteiger partial charge is 0.272 e. The van der Waals surface area contributed by atoms with Crippen molar-refractivity contribution in [1.29, 1.82) is 0 Å². The molecule has 7 nitrogen and oxygen atoms in total. The second-order valence-corrected chi connectivity index (χ2v) is 6.50. The maximum absolute atomic E-state index is 12.5. The van der Waals surface area contributed by atoms with Gasteiger partial charge in [-0.05, 0) is 25.1 Å². The lowest BCUT2D eigenvalue weighted by Gasteiger charge is -2.39. The third-order valence-corrected chi connectivity index (χ3v) is 4.59. The molecule has 1 aromatic carbocycles. The van der Waals surface area contributed by atoms with Gasteiger partial charge in [0.25, 0.3) is 5.91 Å². The summed E-state index contributed by atoms with van der Waals surface area (Å²) in [5, 5.41) is 16.5. The molecule has 0 saturated carbocycles. The van der Waals surface area contributed by atoms with Crippen LogP contribution in [-0.4, -0.2) is 45.5 Å². The van der Waals surface area contributed by atoms with Crippen molar-refractivity contribution in [3.8, 4) is 0 Å². The second-order valence-electron chi connectivity index (χ2n) is 6.50. The highest BCUT2D eigenvalue weighted by atomic mass is 16.1. The summed E-state index contributed by atoms with van der Waals surface area (Å²) in [7, 11) is 1.85. The van der Waals surface area contributed by atoms with Crippen LogP contribution in [0.2, 0.25) is 0 Å². The Balaban J connectivity index is 1.35. The molecular formula is C18H20N6O. The molecule has 128 valence electrons. The molecule has 25 heavy (non-hydrogen) atoms. The summed E-state index contributed by atoms with van der Waals surface area (Å²) in [6.45, 7) is 4.31. The summed E-state index contributed by atoms with van der Waals surface area (Å²) in [5.41, 5.74) is 2.36. The molecule has 1 aliphatic rings. The second kappa shape index (κ2) is 6.16. The molecule has 0 aliphatic carbocycles. The van der Waals surface area contributed by atoms with Crippen molar-refractivity contribution in [3.05, 3.63) is 47.8 Å². The van der Waals surface area contributed by atoms with E-state index < -0.39 is 0 Å². The lowest BCUT2D eigenvalue weighted by Crippen LogP contribution is -2.52. The van der Waals surface area contributed by atoms with Gasteiger partial charge in [0.05, 0.1) is 11.2 Å². The molecule has 1 fully saturated rings. The van der Waals surface area contributed by atoms with Crippen LogP contribution in [0.3, 0.4) is 0 Å². The number of nitrogens with one attached hydrogen (secondary N) is 1. The van der Waals surface area contributed by atoms with Gasteiger partial charge in [-0.2, -0.15) is 10.2 Å². The summed E-state index contributed by atoms with van der Waals surface area (Å²) in [6.07, 6.45) is 0. The molecule has 1 N–H and O–H groups in total. The van der Waals surface area contributed by atoms with Gasteiger partial charge in [-0.25, -0.2) is 0 Å². The number of aromatic nitrogens is 4. The first kappa shape index (κ1) is 15.6. The SMILES string of the molecule is Cc1ccc(N2CC(CNC(=O)c3nn(C)c4ccccc34)C2)nn1. The maximum atomic E-state index is 12.5. The Morgan fingerprint density at radius 3 is 2.76 bits per heavy atom. The van der Waals surface area contributed by atoms with E-state index in [0.717, 1.165) is 35.5 Å². The van der Waals surface area contributed by atoms with Crippen molar-refractivity contribution in [2.75, 3.05) is 24.5 Å². The van der Waals surface area contributed by atoms with Crippen LogP contribution < -0.4 is 10.2 Å². The van der Waals surface area contributed by atoms with Crippen LogP contribution in [0.4, 0.5) is 5.82 Å². The lowest BCUT2D eigenvalue weighted by atomic mass is 10.00. The summed E-state index contributed by atoms with van der Waals surface area (Å²) >= 11 is 0. The Kier molecular flexibility index (Phi) is 3.83. The average molecular weight is 336 g/mol. The first-order chi connectivity index (χ1) is 12.1. The first-order valence-electron chi connectivity index (χ1n) is 8.37. The monoisotopic (exact) mass is 336 g/mol. The Morgan fingerprint density at radius 1 is 1.20 bits per heavy atom. The fraction of sp³-hybridized carbons (Fsp3) is 0.333. The molecule has 0 radical (unpaired) electrons. The molecule has 3 aromatic rings. The van der Waals surface area contributed by atoms with E-state index in [2.05, 4.69) is 25.5 Å². The molecule has 0 bridgehead atoms. The first-order valence-corrected chi connectivity index (χ1v) is 8.37. The topological polar surface area (TPSA) is 75.9 Å². The van der Waals surface area contributed by atoms with Crippen molar-refractivity contribution < 1.29 is 4.79 Å². The number of carbonyl (C=O) groups excluding carboxylic acids is 1. The Morgan fingerprint density at radius 2 is 2.00 bits per heavy atom. The number of fused-ring (bicyclic) bond motifs is 1. The number of hydrogen-bond acceptors (Lipinski definition) is 5. The minimum absolute atomic E-state index is 0.120. The average Bonchev–Trinajstić information content (AvgIpc) is 2.92. The van der Waals surface area contributed by atoms with Gasteiger partial charge in [0.1, 0.15) is 0 Å². The summed E-state index contributed by atoms with van der Waals surface area (Å²) < 4.78 is 1.74. The molecule has 7 heteroatoms. The number of benzene rings is 1. The minimum atomic E-state index is -0.120. The lowest BCUT2D eigenvalue weighted by molar-refractivity contribution is 0.0940. The molecule has 2 aromatic heterocycles. The van der Waals surface area contributed by atoms with E-state index in [0.29, 0.717) is 18.2 Å². The van der Waals surface area contributed by atoms with Crippen LogP contribution in [-0.2, 0) is 7.05 Å². The van der Waals surface area contributed by atoms with Crippen molar-refractivity contribution >= 4 is 22.6 Å². The van der Waals surface area contributed by atoms with Gasteiger partial charge in [-0.1, -0.05) is 18.2 Å². The van der Waals surface area contributed by atoms with Gasteiger partial charge in [-0.15, -0.1) is 5.10 Å². The zero-order valence-corrected chi connectivity index (χ0v) is 14.3. The molecule has 4 rings (SSSR count). The van der Waals surface area contributed by atoms with E-state index in [1.54, 1.807) is 4.68 Å². The van der Waals surface area contributed by atoms with Gasteiger partial charge in [0.2, 0.25) is 0 Å². The van der Waals surface area contributed by atoms with E-state index in [9.17, 15) is 4.79 Å². The minimum Gasteiger partial charge on any atom is -0.354 e. The largest absolute Gasteiger partial charge is 0.354 e. The highest BCUT2D eigenvalue weighted by Gasteiger charge is 2.28. The zero-order valence-electron chi connectivity index (χ0n) is 14.3. The fourth-order valence-electron chi connectivity index (χ4n) is 3.15. The zero-order chi connectivity index (χ0) is 17.4. The van der Waals surface area contributed by atoms with Crippen LogP contribution >= 0.6 is 0 Å². The van der Waals surface area contributed by atoms with E-state index in [1.165, 1.54) is 0 Å². The van der Waals surface area contributed by atoms with Crippen LogP contribution in [0.1, 0.15) is 16.2 Å². The third-order valence-electron chi connectivity index (χ3n) is 4.59. The van der Waals surface area contributed by atoms with E-state index in [1.807, 2.05) is 50.4 Å². The Bertz CT molecular complexity index is 911. The molecule has 0 spiro atoms. The number of para-hydroxylation sites is 1. The maximum Gasteiger partial charge on any atom is 0.272 e. The highest BCUT2D eigenvalue weighted by Crippen LogP contribution is 2.22. The van der Waals surface area contributed by atoms with Crippen LogP contribution in [0.5, 0.6) is 0 Å². The van der Waals surface area contributed by atoms with Gasteiger partial charge >= 0.3 is 0 Å². The fourth-order valence-corrected chi connectivity index (χ4v) is 3.15. The number of nitrogens with zero attached hydrogens (tertiary/aromatic N) is 5. The summed E-state index contributed by atoms with van der Waals surface area (Å²) in [5.74, 6) is 1.19. The number of amides is 1. The van der Waals surface area contributed by atoms with Gasteiger partial charge in [0.15, 0.2) is 11.5 Å². The standard InChI is InChI=1S/C18H20N6O/c1-12-7-8-16(21-20-12)24-10-13(11-24)9-19-18(25)17-14-5-3-4-6-15(14)23(2)22-17/h3-8,13H,9-11H2,1-2H3,(H,19,25). The quantitative estimate of drug-likeness (QED) is 0.782. The van der Waals surface area contributed by atoms with Crippen molar-refractivity contribution in [2.45, 2.75) is 6.92 Å². The normalized spacial score (nSPS) is 14.6. The van der Waals surface area contributed by atoms with Crippen LogP contribution in [0.15, 0.2) is 36.4 Å². The number of rotatable bonds is 4. The van der Waals surface area contributed by atoms with Crippen LogP contribution in [0, 0.1) is 12.8 Å². The molecule has 0 atom stereocenters. The molecule has 1 amide bonds. The third kappa shape index (κ3) is 2.93. The van der Waals surface area contributed by atoms with E-state index in [-0.39, 0.29) is 5.91 Å².